The van der Waals surface area contributed by atoms with Crippen molar-refractivity contribution in [1.82, 2.24) is 5.32 Å². The molecule has 2 N–H and O–H groups in total. The molecule has 0 aromatic heterocycles. The summed E-state index contributed by atoms with van der Waals surface area (Å²) in [6, 6.07) is 6.71. The largest absolute Gasteiger partial charge is 0.508 e. The van der Waals surface area contributed by atoms with Crippen LogP contribution in [0.2, 0.25) is 0 Å². The van der Waals surface area contributed by atoms with Gasteiger partial charge < -0.3 is 15.2 Å². The van der Waals surface area contributed by atoms with Crippen molar-refractivity contribution in [2.75, 3.05) is 13.2 Å². The number of phenols is 1. The number of ether oxygens (including phenoxy) is 1. The van der Waals surface area contributed by atoms with Crippen LogP contribution >= 0.6 is 0 Å². The summed E-state index contributed by atoms with van der Waals surface area (Å²) in [5.74, 6) is 0.385. The molecule has 3 nitrogen and oxygen atoms in total. The van der Waals surface area contributed by atoms with Gasteiger partial charge in [-0.15, -0.1) is 0 Å². The molecule has 1 heterocycles. The lowest BCUT2D eigenvalue weighted by Crippen LogP contribution is -2.40. The molecule has 1 aliphatic heterocycles. The molecule has 98 valence electrons. The Hall–Kier alpha value is -1.06. The predicted molar refractivity (Wildman–Crippen MR) is 70.8 cm³/mol. The first kappa shape index (κ1) is 12.0. The molecule has 2 aliphatic rings. The lowest BCUT2D eigenvalue weighted by atomic mass is 9.87. The van der Waals surface area contributed by atoms with Gasteiger partial charge in [-0.05, 0) is 55.4 Å². The minimum atomic E-state index is 0.385. The van der Waals surface area contributed by atoms with E-state index in [4.69, 9.17) is 4.74 Å². The molecule has 2 atom stereocenters. The van der Waals surface area contributed by atoms with E-state index in [1.165, 1.54) is 30.4 Å². The zero-order valence-electron chi connectivity index (χ0n) is 10.7. The summed E-state index contributed by atoms with van der Waals surface area (Å²) in [6.07, 6.45) is 5.84. The molecular formula is C15H21NO2. The first-order chi connectivity index (χ1) is 8.83. The molecule has 0 amide bonds. The SMILES string of the molecule is Oc1ccc2c(c1)CCCC2NC1CCCOC1. The van der Waals surface area contributed by atoms with Crippen LogP contribution in [-0.4, -0.2) is 24.4 Å². The zero-order valence-corrected chi connectivity index (χ0v) is 10.7. The maximum Gasteiger partial charge on any atom is 0.115 e. The average molecular weight is 247 g/mol. The van der Waals surface area contributed by atoms with Gasteiger partial charge in [-0.25, -0.2) is 0 Å². The fourth-order valence-electron chi connectivity index (χ4n) is 3.13. The second-order valence-corrected chi connectivity index (χ2v) is 5.41. The highest BCUT2D eigenvalue weighted by molar-refractivity contribution is 5.38. The number of hydrogen-bond donors (Lipinski definition) is 2. The van der Waals surface area contributed by atoms with Gasteiger partial charge >= 0.3 is 0 Å². The Morgan fingerprint density at radius 3 is 3.00 bits per heavy atom. The van der Waals surface area contributed by atoms with E-state index in [2.05, 4.69) is 11.4 Å². The van der Waals surface area contributed by atoms with E-state index >= 15 is 0 Å². The van der Waals surface area contributed by atoms with Crippen LogP contribution in [-0.2, 0) is 11.2 Å². The van der Waals surface area contributed by atoms with E-state index < -0.39 is 0 Å². The Labute approximate surface area is 108 Å². The summed E-state index contributed by atoms with van der Waals surface area (Å²) in [6.45, 7) is 1.75. The summed E-state index contributed by atoms with van der Waals surface area (Å²) in [4.78, 5) is 0. The van der Waals surface area contributed by atoms with E-state index in [-0.39, 0.29) is 0 Å². The van der Waals surface area contributed by atoms with Crippen LogP contribution in [0.3, 0.4) is 0 Å². The van der Waals surface area contributed by atoms with Gasteiger partial charge in [0.05, 0.1) is 6.61 Å². The van der Waals surface area contributed by atoms with Gasteiger partial charge in [0.2, 0.25) is 0 Å². The molecule has 1 aliphatic carbocycles. The quantitative estimate of drug-likeness (QED) is 0.844. The van der Waals surface area contributed by atoms with Crippen molar-refractivity contribution in [2.24, 2.45) is 0 Å². The number of benzene rings is 1. The Morgan fingerprint density at radius 1 is 1.22 bits per heavy atom. The molecule has 0 radical (unpaired) electrons. The third-order valence-electron chi connectivity index (χ3n) is 4.04. The smallest absolute Gasteiger partial charge is 0.115 e. The van der Waals surface area contributed by atoms with Crippen LogP contribution in [0.25, 0.3) is 0 Å². The van der Waals surface area contributed by atoms with Crippen LogP contribution in [0.15, 0.2) is 18.2 Å². The van der Waals surface area contributed by atoms with E-state index in [1.807, 2.05) is 6.07 Å². The molecule has 18 heavy (non-hydrogen) atoms. The Balaban J connectivity index is 1.74. The molecule has 0 spiro atoms. The van der Waals surface area contributed by atoms with Crippen molar-refractivity contribution >= 4 is 0 Å². The molecule has 1 aromatic rings. The molecule has 0 bridgehead atoms. The van der Waals surface area contributed by atoms with E-state index in [0.717, 1.165) is 26.1 Å². The van der Waals surface area contributed by atoms with E-state index in [9.17, 15) is 5.11 Å². The summed E-state index contributed by atoms with van der Waals surface area (Å²) in [7, 11) is 0. The highest BCUT2D eigenvalue weighted by atomic mass is 16.5. The summed E-state index contributed by atoms with van der Waals surface area (Å²) < 4.78 is 5.53. The first-order valence-corrected chi connectivity index (χ1v) is 6.98. The topological polar surface area (TPSA) is 41.5 Å². The Bertz CT molecular complexity index is 413. The minimum absolute atomic E-state index is 0.385. The molecule has 3 rings (SSSR count). The van der Waals surface area contributed by atoms with Crippen LogP contribution in [0.5, 0.6) is 5.75 Å². The Morgan fingerprint density at radius 2 is 2.17 bits per heavy atom. The van der Waals surface area contributed by atoms with E-state index in [0.29, 0.717) is 17.8 Å². The van der Waals surface area contributed by atoms with Gasteiger partial charge in [0.1, 0.15) is 5.75 Å². The average Bonchev–Trinajstić information content (AvgIpc) is 2.40. The summed E-state index contributed by atoms with van der Waals surface area (Å²) >= 11 is 0. The van der Waals surface area contributed by atoms with Crippen LogP contribution in [0.1, 0.15) is 42.9 Å². The normalized spacial score (nSPS) is 27.8. The molecule has 1 aromatic carbocycles. The molecule has 2 unspecified atom stereocenters. The van der Waals surface area contributed by atoms with E-state index in [1.54, 1.807) is 6.07 Å². The van der Waals surface area contributed by atoms with Crippen molar-refractivity contribution in [1.29, 1.82) is 0 Å². The highest BCUT2D eigenvalue weighted by Crippen LogP contribution is 2.32. The van der Waals surface area contributed by atoms with Crippen LogP contribution in [0, 0.1) is 0 Å². The highest BCUT2D eigenvalue weighted by Gasteiger charge is 2.24. The van der Waals surface area contributed by atoms with Gasteiger partial charge in [0, 0.05) is 18.7 Å². The van der Waals surface area contributed by atoms with Crippen molar-refractivity contribution in [3.8, 4) is 5.75 Å². The van der Waals surface area contributed by atoms with Gasteiger partial charge in [-0.1, -0.05) is 6.07 Å². The lowest BCUT2D eigenvalue weighted by Gasteiger charge is -2.32. The molecule has 0 saturated carbocycles. The molecular weight excluding hydrogens is 226 g/mol. The number of rotatable bonds is 2. The van der Waals surface area contributed by atoms with Crippen LogP contribution < -0.4 is 5.32 Å². The number of aryl methyl sites for hydroxylation is 1. The van der Waals surface area contributed by atoms with Crippen LogP contribution in [0.4, 0.5) is 0 Å². The zero-order chi connectivity index (χ0) is 12.4. The number of fused-ring (bicyclic) bond motifs is 1. The second kappa shape index (κ2) is 5.29. The number of aromatic hydroxyl groups is 1. The van der Waals surface area contributed by atoms with Crippen molar-refractivity contribution in [2.45, 2.75) is 44.2 Å². The summed E-state index contributed by atoms with van der Waals surface area (Å²) in [5.41, 5.74) is 2.67. The second-order valence-electron chi connectivity index (χ2n) is 5.41. The van der Waals surface area contributed by atoms with Gasteiger partial charge in [0.15, 0.2) is 0 Å². The van der Waals surface area contributed by atoms with Gasteiger partial charge in [0.25, 0.3) is 0 Å². The first-order valence-electron chi connectivity index (χ1n) is 6.98. The minimum Gasteiger partial charge on any atom is -0.508 e. The van der Waals surface area contributed by atoms with Gasteiger partial charge in [-0.2, -0.15) is 0 Å². The van der Waals surface area contributed by atoms with Crippen molar-refractivity contribution in [3.63, 3.8) is 0 Å². The van der Waals surface area contributed by atoms with Crippen molar-refractivity contribution < 1.29 is 9.84 Å². The monoisotopic (exact) mass is 247 g/mol. The molecule has 1 saturated heterocycles. The third-order valence-corrected chi connectivity index (χ3v) is 4.04. The fourth-order valence-corrected chi connectivity index (χ4v) is 3.13. The number of hydrogen-bond acceptors (Lipinski definition) is 3. The fraction of sp³-hybridized carbons (Fsp3) is 0.600. The number of phenolic OH excluding ortho intramolecular Hbond substituents is 1. The maximum atomic E-state index is 9.56. The summed E-state index contributed by atoms with van der Waals surface area (Å²) in [5, 5.41) is 13.3. The maximum absolute atomic E-state index is 9.56. The van der Waals surface area contributed by atoms with Gasteiger partial charge in [-0.3, -0.25) is 0 Å². The molecule has 1 fully saturated rings. The number of nitrogens with one attached hydrogen (secondary N) is 1. The standard InChI is InChI=1S/C15H21NO2/c17-13-6-7-14-11(9-13)3-1-5-15(14)16-12-4-2-8-18-10-12/h6-7,9,12,15-17H,1-5,8,10H2. The lowest BCUT2D eigenvalue weighted by molar-refractivity contribution is 0.0654. The Kier molecular flexibility index (Phi) is 3.52. The predicted octanol–water partition coefficient (Wildman–Crippen LogP) is 2.54. The molecule has 3 heteroatoms. The van der Waals surface area contributed by atoms with Crippen molar-refractivity contribution in [3.05, 3.63) is 29.3 Å². The third kappa shape index (κ3) is 2.52.